The minimum absolute atomic E-state index is 0.0605. The van der Waals surface area contributed by atoms with E-state index in [0.29, 0.717) is 0 Å². The van der Waals surface area contributed by atoms with Crippen molar-refractivity contribution in [2.24, 2.45) is 21.7 Å². The smallest absolute Gasteiger partial charge is 0.211 e. The third-order valence-electron chi connectivity index (χ3n) is 2.26. The highest BCUT2D eigenvalue weighted by Gasteiger charge is 1.97. The monoisotopic (exact) mass is 239 g/mol. The van der Waals surface area contributed by atoms with Crippen molar-refractivity contribution < 1.29 is 0 Å². The van der Waals surface area contributed by atoms with E-state index in [1.165, 1.54) is 0 Å². The minimum Gasteiger partial charge on any atom is -0.369 e. The number of aromatic nitrogens is 1. The molecule has 0 atom stereocenters. The largest absolute Gasteiger partial charge is 0.369 e. The molecule has 5 heteroatoms. The summed E-state index contributed by atoms with van der Waals surface area (Å²) in [6, 6.07) is 11.8. The van der Waals surface area contributed by atoms with E-state index in [1.54, 1.807) is 12.4 Å². The number of hydrogen-bond donors (Lipinski definition) is 2. The van der Waals surface area contributed by atoms with Crippen LogP contribution in [0.4, 0.5) is 0 Å². The van der Waals surface area contributed by atoms with Gasteiger partial charge < -0.3 is 11.5 Å². The fourth-order valence-corrected chi connectivity index (χ4v) is 1.49. The third kappa shape index (κ3) is 3.15. The fraction of sp³-hybridized carbons (Fsp3) is 0. The van der Waals surface area contributed by atoms with Crippen LogP contribution in [0.5, 0.6) is 0 Å². The predicted molar refractivity (Wildman–Crippen MR) is 73.1 cm³/mol. The Kier molecular flexibility index (Phi) is 3.66. The van der Waals surface area contributed by atoms with Gasteiger partial charge in [0, 0.05) is 18.0 Å². The summed E-state index contributed by atoms with van der Waals surface area (Å²) >= 11 is 0. The number of benzene rings is 1. The topological polar surface area (TPSA) is 89.7 Å². The van der Waals surface area contributed by atoms with Gasteiger partial charge >= 0.3 is 0 Å². The van der Waals surface area contributed by atoms with Crippen LogP contribution in [0.25, 0.3) is 11.1 Å². The highest BCUT2D eigenvalue weighted by molar-refractivity contribution is 5.83. The van der Waals surface area contributed by atoms with Gasteiger partial charge in [-0.15, -0.1) is 5.10 Å². The Morgan fingerprint density at radius 1 is 1.11 bits per heavy atom. The molecule has 0 aliphatic heterocycles. The number of hydrogen-bond acceptors (Lipinski definition) is 3. The van der Waals surface area contributed by atoms with E-state index in [0.717, 1.165) is 16.7 Å². The van der Waals surface area contributed by atoms with Gasteiger partial charge in [-0.2, -0.15) is 5.10 Å². The van der Waals surface area contributed by atoms with Crippen LogP contribution in [-0.4, -0.2) is 17.2 Å². The van der Waals surface area contributed by atoms with E-state index in [-0.39, 0.29) is 5.96 Å². The molecule has 0 saturated heterocycles. The lowest BCUT2D eigenvalue weighted by Gasteiger charge is -2.01. The fourth-order valence-electron chi connectivity index (χ4n) is 1.49. The number of guanidine groups is 1. The molecular weight excluding hydrogens is 226 g/mol. The summed E-state index contributed by atoms with van der Waals surface area (Å²) in [4.78, 5) is 4.09. The highest BCUT2D eigenvalue weighted by Crippen LogP contribution is 2.18. The maximum atomic E-state index is 5.18. The molecule has 0 radical (unpaired) electrons. The first kappa shape index (κ1) is 11.8. The van der Waals surface area contributed by atoms with Gasteiger partial charge in [-0.25, -0.2) is 0 Å². The van der Waals surface area contributed by atoms with Gasteiger partial charge in [-0.05, 0) is 23.3 Å². The summed E-state index contributed by atoms with van der Waals surface area (Å²) in [6.45, 7) is 0. The van der Waals surface area contributed by atoms with Crippen molar-refractivity contribution in [3.05, 3.63) is 54.4 Å². The van der Waals surface area contributed by atoms with Crippen LogP contribution in [-0.2, 0) is 0 Å². The number of nitrogens with zero attached hydrogens (tertiary/aromatic N) is 3. The van der Waals surface area contributed by atoms with Gasteiger partial charge in [0.1, 0.15) is 0 Å². The lowest BCUT2D eigenvalue weighted by molar-refractivity contribution is 1.21. The third-order valence-corrected chi connectivity index (χ3v) is 2.26. The Morgan fingerprint density at radius 3 is 2.67 bits per heavy atom. The van der Waals surface area contributed by atoms with E-state index in [9.17, 15) is 0 Å². The normalized spacial score (nSPS) is 10.4. The van der Waals surface area contributed by atoms with Crippen LogP contribution in [0.2, 0.25) is 0 Å². The SMILES string of the molecule is NC(N)=NN=Cc1cccc(-c2cccnc2)c1. The van der Waals surface area contributed by atoms with E-state index in [4.69, 9.17) is 11.5 Å². The summed E-state index contributed by atoms with van der Waals surface area (Å²) < 4.78 is 0. The summed E-state index contributed by atoms with van der Waals surface area (Å²) in [5.41, 5.74) is 13.4. The molecule has 5 nitrogen and oxygen atoms in total. The summed E-state index contributed by atoms with van der Waals surface area (Å²) in [6.07, 6.45) is 5.15. The number of pyridine rings is 1. The maximum absolute atomic E-state index is 5.18. The second-order valence-corrected chi connectivity index (χ2v) is 3.64. The lowest BCUT2D eigenvalue weighted by atomic mass is 10.1. The minimum atomic E-state index is -0.0605. The Hall–Kier alpha value is -2.69. The molecule has 0 unspecified atom stereocenters. The van der Waals surface area contributed by atoms with E-state index < -0.39 is 0 Å². The molecule has 4 N–H and O–H groups in total. The molecule has 1 aromatic heterocycles. The van der Waals surface area contributed by atoms with Crippen LogP contribution in [0, 0.1) is 0 Å². The van der Waals surface area contributed by atoms with E-state index >= 15 is 0 Å². The molecule has 0 saturated carbocycles. The van der Waals surface area contributed by atoms with Crippen LogP contribution in [0.15, 0.2) is 59.0 Å². The zero-order valence-electron chi connectivity index (χ0n) is 9.69. The van der Waals surface area contributed by atoms with Gasteiger partial charge in [-0.1, -0.05) is 24.3 Å². The molecule has 1 heterocycles. The van der Waals surface area contributed by atoms with Crippen molar-refractivity contribution in [2.45, 2.75) is 0 Å². The average Bonchev–Trinajstić information content (AvgIpc) is 2.40. The number of nitrogens with two attached hydrogens (primary N) is 2. The maximum Gasteiger partial charge on any atom is 0.211 e. The summed E-state index contributed by atoms with van der Waals surface area (Å²) in [7, 11) is 0. The Bertz CT molecular complexity index is 571. The molecule has 0 aliphatic carbocycles. The molecule has 18 heavy (non-hydrogen) atoms. The van der Waals surface area contributed by atoms with Crippen molar-refractivity contribution in [3.63, 3.8) is 0 Å². The van der Waals surface area contributed by atoms with Crippen LogP contribution < -0.4 is 11.5 Å². The van der Waals surface area contributed by atoms with Crippen LogP contribution in [0.1, 0.15) is 5.56 Å². The van der Waals surface area contributed by atoms with Crippen molar-refractivity contribution in [2.75, 3.05) is 0 Å². The molecule has 2 aromatic rings. The Morgan fingerprint density at radius 2 is 1.94 bits per heavy atom. The molecule has 0 bridgehead atoms. The molecule has 0 amide bonds. The zero-order valence-corrected chi connectivity index (χ0v) is 9.69. The van der Waals surface area contributed by atoms with Crippen molar-refractivity contribution in [3.8, 4) is 11.1 Å². The quantitative estimate of drug-likeness (QED) is 0.481. The second-order valence-electron chi connectivity index (χ2n) is 3.64. The van der Waals surface area contributed by atoms with Crippen molar-refractivity contribution >= 4 is 12.2 Å². The van der Waals surface area contributed by atoms with Gasteiger partial charge in [0.2, 0.25) is 5.96 Å². The first-order valence-corrected chi connectivity index (χ1v) is 5.38. The second kappa shape index (κ2) is 5.58. The van der Waals surface area contributed by atoms with Gasteiger partial charge in [-0.3, -0.25) is 4.98 Å². The molecule has 2 rings (SSSR count). The molecular formula is C13H13N5. The zero-order chi connectivity index (χ0) is 12.8. The first-order valence-electron chi connectivity index (χ1n) is 5.38. The van der Waals surface area contributed by atoms with Crippen LogP contribution >= 0.6 is 0 Å². The van der Waals surface area contributed by atoms with Gasteiger partial charge in [0.05, 0.1) is 6.21 Å². The van der Waals surface area contributed by atoms with Crippen molar-refractivity contribution in [1.29, 1.82) is 0 Å². The van der Waals surface area contributed by atoms with Crippen molar-refractivity contribution in [1.82, 2.24) is 4.98 Å². The Labute approximate surface area is 105 Å². The lowest BCUT2D eigenvalue weighted by Crippen LogP contribution is -2.21. The summed E-state index contributed by atoms with van der Waals surface area (Å²) in [5.74, 6) is -0.0605. The average molecular weight is 239 g/mol. The highest BCUT2D eigenvalue weighted by atomic mass is 15.3. The molecule has 0 fully saturated rings. The van der Waals surface area contributed by atoms with Gasteiger partial charge in [0.25, 0.3) is 0 Å². The standard InChI is InChI=1S/C13H13N5/c14-13(15)18-17-8-10-3-1-4-11(7-10)12-5-2-6-16-9-12/h1-9H,(H4,14,15,18). The van der Waals surface area contributed by atoms with Crippen LogP contribution in [0.3, 0.4) is 0 Å². The van der Waals surface area contributed by atoms with E-state index in [1.807, 2.05) is 42.6 Å². The van der Waals surface area contributed by atoms with Gasteiger partial charge in [0.15, 0.2) is 0 Å². The number of rotatable bonds is 3. The first-order chi connectivity index (χ1) is 8.75. The molecule has 1 aromatic carbocycles. The Balaban J connectivity index is 2.26. The molecule has 0 aliphatic rings. The molecule has 90 valence electrons. The predicted octanol–water partition coefficient (Wildman–Crippen LogP) is 1.36. The van der Waals surface area contributed by atoms with E-state index in [2.05, 4.69) is 15.2 Å². The summed E-state index contributed by atoms with van der Waals surface area (Å²) in [5, 5.41) is 7.32. The molecule has 0 spiro atoms.